The van der Waals surface area contributed by atoms with E-state index in [1.807, 2.05) is 18.2 Å². The first-order valence-corrected chi connectivity index (χ1v) is 5.58. The standard InChI is InChI=1S/C14H11N3O2/c1-19-14-7-6-10(8-13(14)16-17-15)12-5-3-2-4-11(12)9-18/h2-9H,1H3. The fourth-order valence-corrected chi connectivity index (χ4v) is 1.85. The van der Waals surface area contributed by atoms with Crippen molar-refractivity contribution in [3.63, 3.8) is 0 Å². The number of methoxy groups -OCH3 is 1. The Balaban J connectivity index is 2.60. The zero-order valence-electron chi connectivity index (χ0n) is 10.3. The van der Waals surface area contributed by atoms with Crippen LogP contribution in [0.3, 0.4) is 0 Å². The van der Waals surface area contributed by atoms with Crippen LogP contribution >= 0.6 is 0 Å². The average molecular weight is 253 g/mol. The molecule has 0 saturated carbocycles. The molecule has 0 fully saturated rings. The molecular weight excluding hydrogens is 242 g/mol. The zero-order chi connectivity index (χ0) is 13.7. The number of hydrogen-bond donors (Lipinski definition) is 0. The van der Waals surface area contributed by atoms with Crippen LogP contribution in [-0.4, -0.2) is 13.4 Å². The van der Waals surface area contributed by atoms with Crippen LogP contribution in [0.2, 0.25) is 0 Å². The molecule has 0 N–H and O–H groups in total. The van der Waals surface area contributed by atoms with E-state index in [9.17, 15) is 4.79 Å². The Labute approximate surface area is 110 Å². The van der Waals surface area contributed by atoms with Gasteiger partial charge in [0.1, 0.15) is 5.75 Å². The third-order valence-corrected chi connectivity index (χ3v) is 2.73. The lowest BCUT2D eigenvalue weighted by atomic mass is 10.00. The Hall–Kier alpha value is -2.78. The van der Waals surface area contributed by atoms with Crippen LogP contribution < -0.4 is 4.74 Å². The van der Waals surface area contributed by atoms with Crippen LogP contribution in [0.25, 0.3) is 21.6 Å². The Morgan fingerprint density at radius 2 is 2.05 bits per heavy atom. The number of nitrogens with zero attached hydrogens (tertiary/aromatic N) is 3. The van der Waals surface area contributed by atoms with E-state index in [2.05, 4.69) is 10.0 Å². The average Bonchev–Trinajstić information content (AvgIpc) is 2.47. The Morgan fingerprint density at radius 1 is 1.26 bits per heavy atom. The summed E-state index contributed by atoms with van der Waals surface area (Å²) in [5, 5.41) is 3.59. The van der Waals surface area contributed by atoms with Gasteiger partial charge >= 0.3 is 0 Å². The van der Waals surface area contributed by atoms with Crippen molar-refractivity contribution in [1.29, 1.82) is 0 Å². The number of hydrogen-bond acceptors (Lipinski definition) is 3. The first kappa shape index (κ1) is 12.7. The predicted molar refractivity (Wildman–Crippen MR) is 72.6 cm³/mol. The van der Waals surface area contributed by atoms with E-state index in [-0.39, 0.29) is 0 Å². The summed E-state index contributed by atoms with van der Waals surface area (Å²) < 4.78 is 5.11. The van der Waals surface area contributed by atoms with E-state index >= 15 is 0 Å². The van der Waals surface area contributed by atoms with Gasteiger partial charge in [0, 0.05) is 10.5 Å². The molecule has 0 unspecified atom stereocenters. The molecule has 19 heavy (non-hydrogen) atoms. The number of benzene rings is 2. The number of carbonyl (C=O) groups excluding carboxylic acids is 1. The van der Waals surface area contributed by atoms with E-state index in [4.69, 9.17) is 10.3 Å². The van der Waals surface area contributed by atoms with Gasteiger partial charge < -0.3 is 4.74 Å². The van der Waals surface area contributed by atoms with E-state index in [1.165, 1.54) is 7.11 Å². The SMILES string of the molecule is COc1ccc(-c2ccccc2C=O)cc1N=[N+]=[N-]. The van der Waals surface area contributed by atoms with Crippen molar-refractivity contribution in [3.05, 3.63) is 58.5 Å². The minimum atomic E-state index is 0.392. The topological polar surface area (TPSA) is 75.1 Å². The molecule has 0 aromatic heterocycles. The molecule has 0 bridgehead atoms. The summed E-state index contributed by atoms with van der Waals surface area (Å²) in [7, 11) is 1.50. The molecule has 0 spiro atoms. The van der Waals surface area contributed by atoms with Crippen molar-refractivity contribution in [2.45, 2.75) is 0 Å². The molecule has 5 heteroatoms. The van der Waals surface area contributed by atoms with E-state index in [1.54, 1.807) is 24.3 Å². The van der Waals surface area contributed by atoms with Gasteiger partial charge in [-0.15, -0.1) is 0 Å². The van der Waals surface area contributed by atoms with Crippen molar-refractivity contribution in [2.24, 2.45) is 5.11 Å². The molecule has 0 atom stereocenters. The maximum Gasteiger partial charge on any atom is 0.150 e. The summed E-state index contributed by atoms with van der Waals surface area (Å²) in [6.45, 7) is 0. The van der Waals surface area contributed by atoms with Crippen molar-refractivity contribution in [3.8, 4) is 16.9 Å². The highest BCUT2D eigenvalue weighted by Crippen LogP contribution is 2.33. The van der Waals surface area contributed by atoms with Crippen molar-refractivity contribution < 1.29 is 9.53 Å². The molecule has 0 aliphatic rings. The summed E-state index contributed by atoms with van der Waals surface area (Å²) in [5.41, 5.74) is 11.1. The molecule has 0 saturated heterocycles. The largest absolute Gasteiger partial charge is 0.496 e. The lowest BCUT2D eigenvalue weighted by Crippen LogP contribution is -1.88. The third kappa shape index (κ3) is 2.56. The summed E-state index contributed by atoms with van der Waals surface area (Å²) in [4.78, 5) is 13.8. The Kier molecular flexibility index (Phi) is 3.81. The van der Waals surface area contributed by atoms with Crippen LogP contribution in [0.1, 0.15) is 10.4 Å². The van der Waals surface area contributed by atoms with Gasteiger partial charge in [-0.1, -0.05) is 35.4 Å². The zero-order valence-corrected chi connectivity index (χ0v) is 10.3. The molecule has 0 aliphatic heterocycles. The number of azide groups is 1. The van der Waals surface area contributed by atoms with Crippen molar-refractivity contribution >= 4 is 12.0 Å². The molecular formula is C14H11N3O2. The quantitative estimate of drug-likeness (QED) is 0.355. The van der Waals surface area contributed by atoms with E-state index in [0.717, 1.165) is 17.4 Å². The monoisotopic (exact) mass is 253 g/mol. The lowest BCUT2D eigenvalue weighted by molar-refractivity contribution is 0.112. The first-order chi connectivity index (χ1) is 9.30. The minimum absolute atomic E-state index is 0.392. The van der Waals surface area contributed by atoms with Gasteiger partial charge in [-0.2, -0.15) is 0 Å². The van der Waals surface area contributed by atoms with Gasteiger partial charge in [-0.3, -0.25) is 4.79 Å². The maximum absolute atomic E-state index is 11.0. The molecule has 2 aromatic rings. The summed E-state index contributed by atoms with van der Waals surface area (Å²) in [5.74, 6) is 0.491. The molecule has 0 heterocycles. The molecule has 5 nitrogen and oxygen atoms in total. The van der Waals surface area contributed by atoms with Crippen LogP contribution in [0, 0.1) is 0 Å². The molecule has 94 valence electrons. The van der Waals surface area contributed by atoms with Gasteiger partial charge in [0.25, 0.3) is 0 Å². The Bertz CT molecular complexity index is 661. The molecule has 0 aliphatic carbocycles. The number of aldehydes is 1. The van der Waals surface area contributed by atoms with E-state index in [0.29, 0.717) is 17.0 Å². The van der Waals surface area contributed by atoms with Crippen LogP contribution in [-0.2, 0) is 0 Å². The van der Waals surface area contributed by atoms with Gasteiger partial charge in [0.15, 0.2) is 6.29 Å². The van der Waals surface area contributed by atoms with Crippen molar-refractivity contribution in [2.75, 3.05) is 7.11 Å². The first-order valence-electron chi connectivity index (χ1n) is 5.58. The number of rotatable bonds is 4. The second kappa shape index (κ2) is 5.71. The maximum atomic E-state index is 11.0. The lowest BCUT2D eigenvalue weighted by Gasteiger charge is -2.08. The fraction of sp³-hybridized carbons (Fsp3) is 0.0714. The van der Waals surface area contributed by atoms with Crippen LogP contribution in [0.5, 0.6) is 5.75 Å². The molecule has 0 radical (unpaired) electrons. The molecule has 2 rings (SSSR count). The summed E-state index contributed by atoms with van der Waals surface area (Å²) in [6.07, 6.45) is 0.798. The summed E-state index contributed by atoms with van der Waals surface area (Å²) in [6, 6.07) is 12.4. The number of ether oxygens (including phenoxy) is 1. The normalized spacial score (nSPS) is 9.53. The van der Waals surface area contributed by atoms with Crippen LogP contribution in [0.15, 0.2) is 47.6 Å². The number of carbonyl (C=O) groups is 1. The highest BCUT2D eigenvalue weighted by Gasteiger charge is 2.07. The highest BCUT2D eigenvalue weighted by molar-refractivity contribution is 5.88. The van der Waals surface area contributed by atoms with Gasteiger partial charge in [-0.25, -0.2) is 0 Å². The molecule has 0 amide bonds. The second-order valence-electron chi connectivity index (χ2n) is 3.78. The second-order valence-corrected chi connectivity index (χ2v) is 3.78. The van der Waals surface area contributed by atoms with Gasteiger partial charge in [0.2, 0.25) is 0 Å². The summed E-state index contributed by atoms with van der Waals surface area (Å²) >= 11 is 0. The Morgan fingerprint density at radius 3 is 2.74 bits per heavy atom. The smallest absolute Gasteiger partial charge is 0.150 e. The van der Waals surface area contributed by atoms with Crippen LogP contribution in [0.4, 0.5) is 5.69 Å². The van der Waals surface area contributed by atoms with E-state index < -0.39 is 0 Å². The molecule has 2 aromatic carbocycles. The highest BCUT2D eigenvalue weighted by atomic mass is 16.5. The fourth-order valence-electron chi connectivity index (χ4n) is 1.85. The van der Waals surface area contributed by atoms with Crippen molar-refractivity contribution in [1.82, 2.24) is 0 Å². The third-order valence-electron chi connectivity index (χ3n) is 2.73. The van der Waals surface area contributed by atoms with Gasteiger partial charge in [0.05, 0.1) is 12.8 Å². The minimum Gasteiger partial charge on any atom is -0.496 e. The predicted octanol–water partition coefficient (Wildman–Crippen LogP) is 4.12. The van der Waals surface area contributed by atoms with Gasteiger partial charge in [-0.05, 0) is 28.8 Å².